The van der Waals surface area contributed by atoms with Gasteiger partial charge >= 0.3 is 0 Å². The molecule has 1 aromatic carbocycles. The van der Waals surface area contributed by atoms with Crippen LogP contribution in [0, 0.1) is 20.8 Å². The van der Waals surface area contributed by atoms with Gasteiger partial charge in [0.1, 0.15) is 16.4 Å². The Hall–Kier alpha value is -3.66. The molecule has 0 radical (unpaired) electrons. The van der Waals surface area contributed by atoms with Crippen LogP contribution in [0.2, 0.25) is 0 Å². The van der Waals surface area contributed by atoms with Gasteiger partial charge in [-0.15, -0.1) is 0 Å². The number of nitrogens with one attached hydrogen (secondary N) is 1. The van der Waals surface area contributed by atoms with Gasteiger partial charge in [0.2, 0.25) is 0 Å². The summed E-state index contributed by atoms with van der Waals surface area (Å²) in [4.78, 5) is 40.8. The zero-order valence-corrected chi connectivity index (χ0v) is 20.8. The molecule has 0 unspecified atom stereocenters. The molecule has 1 aliphatic carbocycles. The lowest BCUT2D eigenvalue weighted by molar-refractivity contribution is -0.123. The Balaban J connectivity index is 1.85. The fourth-order valence-corrected chi connectivity index (χ4v) is 5.06. The SMILES string of the molecule is Cc1ccc([C@@H](C(=O)NC2CCCC2)N(C(=O)c2snc(C(N)=O)c2N)c2ccc(C)c(C)c2)o1. The minimum Gasteiger partial charge on any atom is -0.464 e. The fraction of sp³-hybridized carbons (Fsp3) is 0.360. The average molecular weight is 496 g/mol. The lowest BCUT2D eigenvalue weighted by atomic mass is 10.0. The fourth-order valence-electron chi connectivity index (χ4n) is 4.32. The van der Waals surface area contributed by atoms with Crippen LogP contribution >= 0.6 is 11.5 Å². The summed E-state index contributed by atoms with van der Waals surface area (Å²) in [5.74, 6) is -0.817. The van der Waals surface area contributed by atoms with Gasteiger partial charge in [-0.1, -0.05) is 18.9 Å². The number of nitrogens with two attached hydrogens (primary N) is 2. The lowest BCUT2D eigenvalue weighted by Crippen LogP contribution is -2.46. The highest BCUT2D eigenvalue weighted by Crippen LogP contribution is 2.35. The molecule has 3 aromatic rings. The van der Waals surface area contributed by atoms with E-state index in [1.807, 2.05) is 26.0 Å². The molecule has 0 saturated heterocycles. The number of hydrogen-bond acceptors (Lipinski definition) is 7. The van der Waals surface area contributed by atoms with E-state index < -0.39 is 17.9 Å². The molecule has 3 amide bonds. The maximum atomic E-state index is 14.0. The van der Waals surface area contributed by atoms with Crippen molar-refractivity contribution in [1.82, 2.24) is 9.69 Å². The van der Waals surface area contributed by atoms with E-state index in [1.165, 1.54) is 4.90 Å². The number of amides is 3. The van der Waals surface area contributed by atoms with Crippen molar-refractivity contribution in [2.75, 3.05) is 10.6 Å². The molecule has 1 atom stereocenters. The third-order valence-electron chi connectivity index (χ3n) is 6.38. The molecule has 2 heterocycles. The van der Waals surface area contributed by atoms with Crippen molar-refractivity contribution >= 4 is 40.6 Å². The second-order valence-corrected chi connectivity index (χ2v) is 9.70. The number of benzene rings is 1. The number of carbonyl (C=O) groups excluding carboxylic acids is 3. The second kappa shape index (κ2) is 9.91. The van der Waals surface area contributed by atoms with Crippen LogP contribution in [0.4, 0.5) is 11.4 Å². The van der Waals surface area contributed by atoms with Crippen LogP contribution in [0.3, 0.4) is 0 Å². The number of rotatable bonds is 7. The lowest BCUT2D eigenvalue weighted by Gasteiger charge is -2.31. The highest BCUT2D eigenvalue weighted by atomic mass is 32.1. The maximum Gasteiger partial charge on any atom is 0.273 e. The Morgan fingerprint density at radius 3 is 2.40 bits per heavy atom. The molecule has 0 aliphatic heterocycles. The molecule has 0 bridgehead atoms. The van der Waals surface area contributed by atoms with E-state index >= 15 is 0 Å². The first kappa shape index (κ1) is 24.5. The van der Waals surface area contributed by atoms with Crippen LogP contribution in [-0.4, -0.2) is 28.1 Å². The van der Waals surface area contributed by atoms with Gasteiger partial charge in [0.15, 0.2) is 11.7 Å². The van der Waals surface area contributed by atoms with Gasteiger partial charge in [0, 0.05) is 11.7 Å². The number of hydrogen-bond donors (Lipinski definition) is 3. The number of anilines is 2. The predicted molar refractivity (Wildman–Crippen MR) is 134 cm³/mol. The van der Waals surface area contributed by atoms with Crippen molar-refractivity contribution in [2.45, 2.75) is 58.5 Å². The highest BCUT2D eigenvalue weighted by molar-refractivity contribution is 7.09. The summed E-state index contributed by atoms with van der Waals surface area (Å²) in [6.45, 7) is 5.67. The number of aryl methyl sites for hydroxylation is 3. The Labute approximate surface area is 207 Å². The second-order valence-electron chi connectivity index (χ2n) is 8.92. The van der Waals surface area contributed by atoms with Gasteiger partial charge in [-0.25, -0.2) is 0 Å². The van der Waals surface area contributed by atoms with E-state index in [-0.39, 0.29) is 28.2 Å². The van der Waals surface area contributed by atoms with E-state index in [4.69, 9.17) is 15.9 Å². The molecule has 9 nitrogen and oxygen atoms in total. The summed E-state index contributed by atoms with van der Waals surface area (Å²) in [7, 11) is 0. The summed E-state index contributed by atoms with van der Waals surface area (Å²) in [5.41, 5.74) is 13.7. The summed E-state index contributed by atoms with van der Waals surface area (Å²) in [6.07, 6.45) is 3.86. The molecule has 2 aromatic heterocycles. The molecule has 5 N–H and O–H groups in total. The largest absolute Gasteiger partial charge is 0.464 e. The first-order chi connectivity index (χ1) is 16.7. The summed E-state index contributed by atoms with van der Waals surface area (Å²) in [6, 6.07) is 7.88. The van der Waals surface area contributed by atoms with Crippen molar-refractivity contribution in [2.24, 2.45) is 5.73 Å². The minimum atomic E-state index is -1.10. The van der Waals surface area contributed by atoms with Gasteiger partial charge in [0.05, 0.1) is 5.69 Å². The van der Waals surface area contributed by atoms with Gasteiger partial charge in [0.25, 0.3) is 17.7 Å². The van der Waals surface area contributed by atoms with E-state index in [1.54, 1.807) is 25.1 Å². The number of furan rings is 1. The number of carbonyl (C=O) groups is 3. The van der Waals surface area contributed by atoms with Crippen LogP contribution in [-0.2, 0) is 4.79 Å². The Kier molecular flexibility index (Phi) is 6.93. The topological polar surface area (TPSA) is 145 Å². The van der Waals surface area contributed by atoms with Crippen molar-refractivity contribution in [3.05, 3.63) is 63.6 Å². The van der Waals surface area contributed by atoms with Crippen molar-refractivity contribution in [1.29, 1.82) is 0 Å². The summed E-state index contributed by atoms with van der Waals surface area (Å²) < 4.78 is 9.85. The number of primary amides is 1. The Morgan fingerprint density at radius 2 is 1.83 bits per heavy atom. The van der Waals surface area contributed by atoms with Crippen molar-refractivity contribution in [3.63, 3.8) is 0 Å². The van der Waals surface area contributed by atoms with E-state index in [9.17, 15) is 14.4 Å². The van der Waals surface area contributed by atoms with E-state index in [0.29, 0.717) is 17.2 Å². The zero-order valence-electron chi connectivity index (χ0n) is 20.0. The quantitative estimate of drug-likeness (QED) is 0.455. The molecule has 1 saturated carbocycles. The molecule has 4 rings (SSSR count). The third-order valence-corrected chi connectivity index (χ3v) is 7.23. The average Bonchev–Trinajstić information content (AvgIpc) is 3.55. The van der Waals surface area contributed by atoms with Crippen LogP contribution in [0.5, 0.6) is 0 Å². The standard InChI is InChI=1S/C25H29N5O4S/c1-13-8-10-17(12-14(13)2)30(25(33)22-19(26)20(23(27)31)29-35-22)21(18-11-9-15(3)34-18)24(32)28-16-6-4-5-7-16/h8-12,16,21H,4-7,26H2,1-3H3,(H2,27,31)(H,28,32)/t21-/m0/s1. The monoisotopic (exact) mass is 495 g/mol. The van der Waals surface area contributed by atoms with Crippen molar-refractivity contribution < 1.29 is 18.8 Å². The van der Waals surface area contributed by atoms with Gasteiger partial charge in [-0.3, -0.25) is 19.3 Å². The summed E-state index contributed by atoms with van der Waals surface area (Å²) >= 11 is 0.776. The first-order valence-electron chi connectivity index (χ1n) is 11.5. The molecule has 184 valence electrons. The highest BCUT2D eigenvalue weighted by Gasteiger charge is 2.38. The van der Waals surface area contributed by atoms with Crippen LogP contribution < -0.4 is 21.7 Å². The molecule has 10 heteroatoms. The zero-order chi connectivity index (χ0) is 25.3. The number of nitrogens with zero attached hydrogens (tertiary/aromatic N) is 2. The minimum absolute atomic E-state index is 0.0268. The first-order valence-corrected chi connectivity index (χ1v) is 12.3. The Morgan fingerprint density at radius 1 is 1.11 bits per heavy atom. The number of aromatic nitrogens is 1. The smallest absolute Gasteiger partial charge is 0.273 e. The molecular formula is C25H29N5O4S. The number of nitrogen functional groups attached to an aromatic ring is 1. The molecule has 1 fully saturated rings. The van der Waals surface area contributed by atoms with Crippen LogP contribution in [0.15, 0.2) is 34.7 Å². The predicted octanol–water partition coefficient (Wildman–Crippen LogP) is 3.79. The van der Waals surface area contributed by atoms with E-state index in [0.717, 1.165) is 48.3 Å². The van der Waals surface area contributed by atoms with Gasteiger partial charge in [-0.05, 0) is 80.5 Å². The van der Waals surface area contributed by atoms with Crippen LogP contribution in [0.25, 0.3) is 0 Å². The molecule has 0 spiro atoms. The summed E-state index contributed by atoms with van der Waals surface area (Å²) in [5, 5.41) is 3.10. The van der Waals surface area contributed by atoms with Gasteiger partial charge in [-0.2, -0.15) is 4.37 Å². The Bertz CT molecular complexity index is 1270. The molecule has 1 aliphatic rings. The third kappa shape index (κ3) is 4.93. The van der Waals surface area contributed by atoms with Crippen molar-refractivity contribution in [3.8, 4) is 0 Å². The van der Waals surface area contributed by atoms with Crippen LogP contribution in [0.1, 0.15) is 74.5 Å². The molecule has 35 heavy (non-hydrogen) atoms. The van der Waals surface area contributed by atoms with Gasteiger partial charge < -0.3 is 21.2 Å². The maximum absolute atomic E-state index is 14.0. The molecular weight excluding hydrogens is 466 g/mol. The normalized spacial score (nSPS) is 14.6. The van der Waals surface area contributed by atoms with E-state index in [2.05, 4.69) is 9.69 Å².